The quantitative estimate of drug-likeness (QED) is 0.266. The van der Waals surface area contributed by atoms with Crippen LogP contribution in [0.15, 0.2) is 58.2 Å². The Labute approximate surface area is 186 Å². The van der Waals surface area contributed by atoms with Gasteiger partial charge in [0.05, 0.1) is 10.2 Å². The molecule has 8 nitrogen and oxygen atoms in total. The largest absolute Gasteiger partial charge is 0.325 e. The third kappa shape index (κ3) is 5.06. The average molecular weight is 490 g/mol. The molecule has 30 heavy (non-hydrogen) atoms. The molecule has 3 aromatic rings. The monoisotopic (exact) mass is 489 g/mol. The van der Waals surface area contributed by atoms with Gasteiger partial charge in [-0.3, -0.25) is 14.9 Å². The van der Waals surface area contributed by atoms with Crippen molar-refractivity contribution in [2.75, 3.05) is 5.32 Å². The number of nitro groups is 1. The lowest BCUT2D eigenvalue weighted by atomic mass is 10.2. The van der Waals surface area contributed by atoms with Crippen LogP contribution in [0.25, 0.3) is 11.4 Å². The molecule has 10 heteroatoms. The van der Waals surface area contributed by atoms with Crippen LogP contribution < -0.4 is 5.32 Å². The van der Waals surface area contributed by atoms with E-state index in [1.54, 1.807) is 12.1 Å². The van der Waals surface area contributed by atoms with Gasteiger partial charge in [-0.1, -0.05) is 34.6 Å². The lowest BCUT2D eigenvalue weighted by molar-refractivity contribution is -0.384. The van der Waals surface area contributed by atoms with Gasteiger partial charge in [0.1, 0.15) is 0 Å². The maximum Gasteiger partial charge on any atom is 0.269 e. The third-order valence-electron chi connectivity index (χ3n) is 4.39. The minimum Gasteiger partial charge on any atom is -0.325 e. The Bertz CT molecular complexity index is 1040. The predicted octanol–water partition coefficient (Wildman–Crippen LogP) is 5.15. The molecule has 0 aliphatic rings. The second kappa shape index (κ2) is 9.86. The molecular weight excluding hydrogens is 470 g/mol. The first-order chi connectivity index (χ1) is 14.4. The SMILES string of the molecule is CC[C@@H](Sc1nnc(-c2ccc([N+](=O)[O-])cc2)n1CC)C(=O)Nc1ccc(Br)cc1. The van der Waals surface area contributed by atoms with E-state index in [1.165, 1.54) is 23.9 Å². The summed E-state index contributed by atoms with van der Waals surface area (Å²) in [7, 11) is 0. The van der Waals surface area contributed by atoms with Crippen molar-refractivity contribution in [2.45, 2.75) is 37.2 Å². The van der Waals surface area contributed by atoms with Crippen molar-refractivity contribution in [3.8, 4) is 11.4 Å². The summed E-state index contributed by atoms with van der Waals surface area (Å²) in [5.41, 5.74) is 1.48. The van der Waals surface area contributed by atoms with Crippen molar-refractivity contribution in [3.05, 3.63) is 63.1 Å². The molecule has 0 saturated heterocycles. The molecular formula is C20H20BrN5O3S. The van der Waals surface area contributed by atoms with Crippen molar-refractivity contribution < 1.29 is 9.72 Å². The molecule has 0 saturated carbocycles. The minimum atomic E-state index is -0.439. The van der Waals surface area contributed by atoms with Crippen molar-refractivity contribution in [2.24, 2.45) is 0 Å². The summed E-state index contributed by atoms with van der Waals surface area (Å²) < 4.78 is 2.85. The second-order valence-corrected chi connectivity index (χ2v) is 8.45. The summed E-state index contributed by atoms with van der Waals surface area (Å²) in [6.45, 7) is 4.51. The first kappa shape index (κ1) is 22.0. The Morgan fingerprint density at radius 1 is 1.17 bits per heavy atom. The molecule has 0 fully saturated rings. The molecule has 1 atom stereocenters. The van der Waals surface area contributed by atoms with E-state index in [0.29, 0.717) is 23.9 Å². The summed E-state index contributed by atoms with van der Waals surface area (Å²) in [5.74, 6) is 0.505. The number of carbonyl (C=O) groups excluding carboxylic acids is 1. The summed E-state index contributed by atoms with van der Waals surface area (Å²) >= 11 is 4.73. The van der Waals surface area contributed by atoms with Crippen LogP contribution in [0.4, 0.5) is 11.4 Å². The van der Waals surface area contributed by atoms with E-state index in [4.69, 9.17) is 0 Å². The zero-order valence-corrected chi connectivity index (χ0v) is 18.8. The fourth-order valence-corrected chi connectivity index (χ4v) is 4.09. The Morgan fingerprint density at radius 2 is 1.83 bits per heavy atom. The highest BCUT2D eigenvalue weighted by Gasteiger charge is 2.23. The first-order valence-electron chi connectivity index (χ1n) is 9.34. The lowest BCUT2D eigenvalue weighted by Crippen LogP contribution is -2.25. The van der Waals surface area contributed by atoms with Gasteiger partial charge < -0.3 is 9.88 Å². The van der Waals surface area contributed by atoms with Crippen LogP contribution in [-0.4, -0.2) is 30.8 Å². The molecule has 2 aromatic carbocycles. The Kier molecular flexibility index (Phi) is 7.22. The number of benzene rings is 2. The van der Waals surface area contributed by atoms with Gasteiger partial charge in [-0.05, 0) is 49.7 Å². The number of halogens is 1. The number of nitro benzene ring substituents is 1. The number of anilines is 1. The van der Waals surface area contributed by atoms with E-state index in [2.05, 4.69) is 31.4 Å². The molecule has 0 unspecified atom stereocenters. The Balaban J connectivity index is 1.78. The highest BCUT2D eigenvalue weighted by molar-refractivity contribution is 9.10. The van der Waals surface area contributed by atoms with Gasteiger partial charge in [-0.15, -0.1) is 10.2 Å². The molecule has 3 rings (SSSR count). The van der Waals surface area contributed by atoms with E-state index in [0.717, 1.165) is 15.7 Å². The maximum absolute atomic E-state index is 12.7. The van der Waals surface area contributed by atoms with Gasteiger partial charge in [0.15, 0.2) is 11.0 Å². The molecule has 0 spiro atoms. The third-order valence-corrected chi connectivity index (χ3v) is 6.27. The van der Waals surface area contributed by atoms with E-state index < -0.39 is 4.92 Å². The highest BCUT2D eigenvalue weighted by Crippen LogP contribution is 2.29. The van der Waals surface area contributed by atoms with Crippen LogP contribution in [0, 0.1) is 10.1 Å². The fraction of sp³-hybridized carbons (Fsp3) is 0.250. The van der Waals surface area contributed by atoms with Crippen LogP contribution in [0.1, 0.15) is 20.3 Å². The van der Waals surface area contributed by atoms with Crippen LogP contribution in [0.3, 0.4) is 0 Å². The van der Waals surface area contributed by atoms with Gasteiger partial charge in [-0.2, -0.15) is 0 Å². The molecule has 1 heterocycles. The maximum atomic E-state index is 12.7. The average Bonchev–Trinajstić information content (AvgIpc) is 3.16. The van der Waals surface area contributed by atoms with Crippen molar-refractivity contribution in [3.63, 3.8) is 0 Å². The number of hydrogen-bond acceptors (Lipinski definition) is 6. The molecule has 0 aliphatic heterocycles. The number of amides is 1. The second-order valence-electron chi connectivity index (χ2n) is 6.37. The van der Waals surface area contributed by atoms with Crippen LogP contribution in [0.5, 0.6) is 0 Å². The number of nitrogens with zero attached hydrogens (tertiary/aromatic N) is 4. The van der Waals surface area contributed by atoms with E-state index >= 15 is 0 Å². The smallest absolute Gasteiger partial charge is 0.269 e. The van der Waals surface area contributed by atoms with Crippen molar-refractivity contribution >= 4 is 45.0 Å². The Hall–Kier alpha value is -2.72. The number of aromatic nitrogens is 3. The summed E-state index contributed by atoms with van der Waals surface area (Å²) in [4.78, 5) is 23.2. The lowest BCUT2D eigenvalue weighted by Gasteiger charge is -2.15. The number of hydrogen-bond donors (Lipinski definition) is 1. The molecule has 1 amide bonds. The molecule has 1 aromatic heterocycles. The molecule has 1 N–H and O–H groups in total. The number of rotatable bonds is 8. The van der Waals surface area contributed by atoms with Crippen molar-refractivity contribution in [1.82, 2.24) is 14.8 Å². The normalized spacial score (nSPS) is 11.8. The predicted molar refractivity (Wildman–Crippen MR) is 120 cm³/mol. The zero-order valence-electron chi connectivity index (χ0n) is 16.4. The van der Waals surface area contributed by atoms with E-state index in [-0.39, 0.29) is 16.8 Å². The van der Waals surface area contributed by atoms with Gasteiger partial charge in [-0.25, -0.2) is 0 Å². The van der Waals surface area contributed by atoms with E-state index in [1.807, 2.05) is 42.7 Å². The van der Waals surface area contributed by atoms with E-state index in [9.17, 15) is 14.9 Å². The Morgan fingerprint density at radius 3 is 2.40 bits per heavy atom. The molecule has 0 aliphatic carbocycles. The van der Waals surface area contributed by atoms with Crippen LogP contribution in [0.2, 0.25) is 0 Å². The van der Waals surface area contributed by atoms with Gasteiger partial charge in [0.25, 0.3) is 5.69 Å². The number of non-ortho nitro benzene ring substituents is 1. The van der Waals surface area contributed by atoms with Gasteiger partial charge in [0.2, 0.25) is 5.91 Å². The molecule has 0 bridgehead atoms. The molecule has 156 valence electrons. The first-order valence-corrected chi connectivity index (χ1v) is 11.0. The molecule has 0 radical (unpaired) electrons. The standard InChI is InChI=1S/C20H20BrN5O3S/c1-3-17(19(27)22-15-9-7-14(21)8-10-15)30-20-24-23-18(25(20)4-2)13-5-11-16(12-6-13)26(28)29/h5-12,17H,3-4H2,1-2H3,(H,22,27)/t17-/m1/s1. The number of carbonyl (C=O) groups is 1. The summed E-state index contributed by atoms with van der Waals surface area (Å²) in [5, 5.41) is 22.6. The number of nitrogens with one attached hydrogen (secondary N) is 1. The van der Waals surface area contributed by atoms with Crippen molar-refractivity contribution in [1.29, 1.82) is 0 Å². The fourth-order valence-electron chi connectivity index (χ4n) is 2.81. The zero-order chi connectivity index (χ0) is 21.7. The minimum absolute atomic E-state index is 0.0200. The highest BCUT2D eigenvalue weighted by atomic mass is 79.9. The van der Waals surface area contributed by atoms with Crippen LogP contribution in [-0.2, 0) is 11.3 Å². The number of thioether (sulfide) groups is 1. The summed E-state index contributed by atoms with van der Waals surface area (Å²) in [6.07, 6.45) is 0.621. The summed E-state index contributed by atoms with van der Waals surface area (Å²) in [6, 6.07) is 13.6. The van der Waals surface area contributed by atoms with Gasteiger partial charge >= 0.3 is 0 Å². The van der Waals surface area contributed by atoms with Gasteiger partial charge in [0, 0.05) is 34.4 Å². The van der Waals surface area contributed by atoms with Crippen LogP contribution >= 0.6 is 27.7 Å². The topological polar surface area (TPSA) is 103 Å².